The Labute approximate surface area is 286 Å². The first-order chi connectivity index (χ1) is 21.3. The Balaban J connectivity index is 0.000000244. The third-order valence-electron chi connectivity index (χ3n) is 9.64. The van der Waals surface area contributed by atoms with Gasteiger partial charge in [0.2, 0.25) is 0 Å². The van der Waals surface area contributed by atoms with E-state index in [0.29, 0.717) is 0 Å². The van der Waals surface area contributed by atoms with Gasteiger partial charge in [-0.2, -0.15) is 0 Å². The van der Waals surface area contributed by atoms with Gasteiger partial charge in [0.25, 0.3) is 0 Å². The fourth-order valence-corrected chi connectivity index (χ4v) is 7.18. The number of nitrogens with one attached hydrogen (secondary N) is 3. The van der Waals surface area contributed by atoms with Crippen LogP contribution in [-0.4, -0.2) is 103 Å². The molecule has 0 bridgehead atoms. The van der Waals surface area contributed by atoms with Gasteiger partial charge < -0.3 is 48.5 Å². The smallest absolute Gasteiger partial charge is 0.407 e. The second-order valence-corrected chi connectivity index (χ2v) is 16.0. The Morgan fingerprint density at radius 2 is 0.957 bits per heavy atom. The minimum Gasteiger partial charge on any atom is -1.00 e. The summed E-state index contributed by atoms with van der Waals surface area (Å²) in [6, 6.07) is 3.04. The number of halogens is 1. The van der Waals surface area contributed by atoms with E-state index >= 15 is 0 Å². The number of carbonyl (C=O) groups is 2. The second kappa shape index (κ2) is 20.2. The summed E-state index contributed by atoms with van der Waals surface area (Å²) in [4.78, 5) is 28.4. The van der Waals surface area contributed by atoms with Crippen molar-refractivity contribution in [3.8, 4) is 0 Å². The molecule has 11 heteroatoms. The van der Waals surface area contributed by atoms with E-state index in [4.69, 9.17) is 9.47 Å². The highest BCUT2D eigenvalue weighted by Gasteiger charge is 2.29. The minimum absolute atomic E-state index is 0. The number of likely N-dealkylation sites (tertiary alicyclic amines) is 2. The molecule has 0 aromatic heterocycles. The number of hydrogen-bond acceptors (Lipinski definition) is 7. The van der Waals surface area contributed by atoms with Crippen molar-refractivity contribution in [1.29, 1.82) is 0 Å². The molecule has 0 unspecified atom stereocenters. The number of hydrogen-bond donors (Lipinski definition) is 4. The number of amides is 2. The first-order valence-electron chi connectivity index (χ1n) is 18.3. The molecule has 5 aliphatic rings. The summed E-state index contributed by atoms with van der Waals surface area (Å²) in [6.07, 6.45) is 17.5. The van der Waals surface area contributed by atoms with E-state index in [1.54, 1.807) is 0 Å². The van der Waals surface area contributed by atoms with Gasteiger partial charge in [0.05, 0.1) is 6.04 Å². The molecule has 5 rings (SSSR count). The van der Waals surface area contributed by atoms with Crippen LogP contribution in [0.3, 0.4) is 0 Å². The summed E-state index contributed by atoms with van der Waals surface area (Å²) in [5.74, 6) is 0. The first kappa shape index (κ1) is 40.8. The maximum Gasteiger partial charge on any atom is 0.407 e. The Morgan fingerprint density at radius 3 is 1.33 bits per heavy atom. The monoisotopic (exact) mass is 673 g/mol. The van der Waals surface area contributed by atoms with Crippen LogP contribution in [0.4, 0.5) is 9.59 Å². The quantitative estimate of drug-likeness (QED) is 0.360. The predicted molar refractivity (Wildman–Crippen MR) is 181 cm³/mol. The van der Waals surface area contributed by atoms with E-state index in [1.165, 1.54) is 77.3 Å². The molecule has 0 radical (unpaired) electrons. The Morgan fingerprint density at radius 1 is 0.609 bits per heavy atom. The molecular formula is C35H69ClN6O4. The fourth-order valence-electron chi connectivity index (χ4n) is 7.18. The van der Waals surface area contributed by atoms with Crippen molar-refractivity contribution in [2.24, 2.45) is 0 Å². The van der Waals surface area contributed by atoms with Crippen LogP contribution in [0.1, 0.15) is 131 Å². The minimum atomic E-state index is -0.408. The van der Waals surface area contributed by atoms with Crippen molar-refractivity contribution in [2.45, 2.75) is 173 Å². The lowest BCUT2D eigenvalue weighted by molar-refractivity contribution is -0.426. The van der Waals surface area contributed by atoms with Gasteiger partial charge in [0, 0.05) is 63.2 Å². The van der Waals surface area contributed by atoms with Crippen molar-refractivity contribution in [2.75, 3.05) is 39.3 Å². The standard InChI is InChI=1S/C15H28N2O2.C10H20N2O2.C10H20N2.ClH/c1-15(2,3)19-14(18)16-12-8-10-17(11-9-12)13-6-4-5-7-13;1-10(2,3)14-9(13)12-8-4-6-11-7-5-8;11-9-5-7-12(8-6-9)10-3-1-2-4-10;/h12-13H,4-11H2,1-3H3,(H,16,18);8,11H,4-7H2,1-3H3,(H,12,13);9-10H,1-8,11H2;1H. The number of ether oxygens (including phenoxy) is 2. The molecule has 0 spiro atoms. The Hall–Kier alpha value is -1.33. The average molecular weight is 673 g/mol. The van der Waals surface area contributed by atoms with Gasteiger partial charge in [0.15, 0.2) is 0 Å². The molecule has 5 fully saturated rings. The van der Waals surface area contributed by atoms with Crippen LogP contribution in [0.5, 0.6) is 0 Å². The van der Waals surface area contributed by atoms with Crippen LogP contribution < -0.4 is 34.1 Å². The number of rotatable bonds is 4. The molecule has 0 atom stereocenters. The zero-order valence-corrected chi connectivity index (χ0v) is 30.9. The van der Waals surface area contributed by atoms with E-state index < -0.39 is 11.2 Å². The van der Waals surface area contributed by atoms with Crippen LogP contribution in [0, 0.1) is 0 Å². The van der Waals surface area contributed by atoms with Crippen LogP contribution in [0.2, 0.25) is 0 Å². The third kappa shape index (κ3) is 16.7. The maximum atomic E-state index is 11.7. The number of carbonyl (C=O) groups excluding carboxylic acids is 2. The topological polar surface area (TPSA) is 123 Å². The summed E-state index contributed by atoms with van der Waals surface area (Å²) in [5.41, 5.74) is 3.32. The van der Waals surface area contributed by atoms with Crippen molar-refractivity contribution in [3.63, 3.8) is 0 Å². The molecule has 0 aromatic carbocycles. The predicted octanol–water partition coefficient (Wildman–Crippen LogP) is 1.82. The normalized spacial score (nSPS) is 23.3. The molecule has 2 aliphatic carbocycles. The molecule has 0 aromatic rings. The van der Waals surface area contributed by atoms with Crippen LogP contribution >= 0.6 is 0 Å². The maximum absolute atomic E-state index is 11.7. The summed E-state index contributed by atoms with van der Waals surface area (Å²) in [6.45, 7) is 18.1. The average Bonchev–Trinajstić information content (AvgIpc) is 3.69. The number of quaternary nitrogens is 1. The molecule has 3 saturated heterocycles. The second-order valence-electron chi connectivity index (χ2n) is 16.0. The van der Waals surface area contributed by atoms with E-state index in [0.717, 1.165) is 70.0 Å². The van der Waals surface area contributed by atoms with Crippen molar-refractivity contribution in [3.05, 3.63) is 0 Å². The van der Waals surface area contributed by atoms with Crippen molar-refractivity contribution >= 4 is 12.2 Å². The fraction of sp³-hybridized carbons (Fsp3) is 0.943. The van der Waals surface area contributed by atoms with Crippen molar-refractivity contribution < 1.29 is 37.2 Å². The molecular weight excluding hydrogens is 604 g/mol. The third-order valence-corrected chi connectivity index (χ3v) is 9.64. The molecule has 10 nitrogen and oxygen atoms in total. The highest BCUT2D eigenvalue weighted by molar-refractivity contribution is 5.68. The lowest BCUT2D eigenvalue weighted by Gasteiger charge is -2.36. The van der Waals surface area contributed by atoms with Gasteiger partial charge in [-0.3, -0.25) is 4.90 Å². The molecule has 2 amide bonds. The molecule has 6 N–H and O–H groups in total. The number of nitrogens with zero attached hydrogens (tertiary/aromatic N) is 2. The first-order valence-corrected chi connectivity index (χ1v) is 18.3. The van der Waals surface area contributed by atoms with Gasteiger partial charge in [-0.1, -0.05) is 25.7 Å². The van der Waals surface area contributed by atoms with E-state index in [2.05, 4.69) is 31.5 Å². The summed E-state index contributed by atoms with van der Waals surface area (Å²) >= 11 is 0. The molecule has 3 heterocycles. The van der Waals surface area contributed by atoms with E-state index in [1.807, 2.05) is 41.5 Å². The van der Waals surface area contributed by atoms with Crippen LogP contribution in [0.25, 0.3) is 0 Å². The summed E-state index contributed by atoms with van der Waals surface area (Å²) in [5, 5.41) is 9.12. The lowest BCUT2D eigenvalue weighted by atomic mass is 10.0. The zero-order chi connectivity index (χ0) is 32.9. The number of piperidine rings is 3. The highest BCUT2D eigenvalue weighted by atomic mass is 35.5. The molecule has 2 saturated carbocycles. The summed E-state index contributed by atoms with van der Waals surface area (Å²) < 4.78 is 10.5. The Bertz CT molecular complexity index is 848. The van der Waals surface area contributed by atoms with Gasteiger partial charge >= 0.3 is 12.2 Å². The molecule has 3 aliphatic heterocycles. The van der Waals surface area contributed by atoms with Gasteiger partial charge in [-0.25, -0.2) is 9.59 Å². The largest absolute Gasteiger partial charge is 1.00 e. The molecule has 46 heavy (non-hydrogen) atoms. The highest BCUT2D eigenvalue weighted by Crippen LogP contribution is 2.27. The van der Waals surface area contributed by atoms with Crippen LogP contribution in [0.15, 0.2) is 0 Å². The molecule has 270 valence electrons. The summed E-state index contributed by atoms with van der Waals surface area (Å²) in [7, 11) is 0. The van der Waals surface area contributed by atoms with E-state index in [-0.39, 0.29) is 36.7 Å². The van der Waals surface area contributed by atoms with Gasteiger partial charge in [0.1, 0.15) is 11.2 Å². The van der Waals surface area contributed by atoms with Gasteiger partial charge in [-0.05, 0) is 106 Å². The van der Waals surface area contributed by atoms with Crippen molar-refractivity contribution in [1.82, 2.24) is 25.8 Å². The van der Waals surface area contributed by atoms with Gasteiger partial charge in [-0.15, -0.1) is 0 Å². The van der Waals surface area contributed by atoms with Crippen LogP contribution in [-0.2, 0) is 9.47 Å². The zero-order valence-electron chi connectivity index (χ0n) is 30.1. The lowest BCUT2D eigenvalue weighted by Crippen LogP contribution is -3.00. The van der Waals surface area contributed by atoms with E-state index in [9.17, 15) is 9.59 Å². The number of alkyl carbamates (subject to hydrolysis) is 2. The Kier molecular flexibility index (Phi) is 18.0. The SMILES string of the molecule is CC(C)(C)OC(=O)NC1CCN(C2CCCC2)CC1.CC(C)(C)OC(=O)NC1CCNCC1.[Cl-].[NH3+]C1CCN(C2CCCC2)CC1.